The number of nitrogens with one attached hydrogen (secondary N) is 1. The number of anilines is 1. The molecule has 1 amide bonds. The van der Waals surface area contributed by atoms with E-state index in [1.165, 1.54) is 35.3 Å². The summed E-state index contributed by atoms with van der Waals surface area (Å²) < 4.78 is 0. The molecule has 0 bridgehead atoms. The Labute approximate surface area is 168 Å². The summed E-state index contributed by atoms with van der Waals surface area (Å²) in [6.45, 7) is 7.84. The van der Waals surface area contributed by atoms with Crippen LogP contribution in [0.1, 0.15) is 42.0 Å². The first-order valence-corrected chi connectivity index (χ1v) is 10.6. The van der Waals surface area contributed by atoms with Crippen LogP contribution >= 0.6 is 0 Å². The van der Waals surface area contributed by atoms with Crippen molar-refractivity contribution in [3.05, 3.63) is 65.2 Å². The molecular formula is C24H31N3O. The van der Waals surface area contributed by atoms with Gasteiger partial charge in [0.05, 0.1) is 6.04 Å². The van der Waals surface area contributed by atoms with E-state index in [4.69, 9.17) is 0 Å². The molecule has 1 N–H and O–H groups in total. The maximum absolute atomic E-state index is 11.4. The third-order valence-corrected chi connectivity index (χ3v) is 6.09. The van der Waals surface area contributed by atoms with Gasteiger partial charge in [0.25, 0.3) is 0 Å². The van der Waals surface area contributed by atoms with Crippen LogP contribution in [0.5, 0.6) is 0 Å². The van der Waals surface area contributed by atoms with Crippen LogP contribution in [0.2, 0.25) is 0 Å². The molecule has 2 heterocycles. The average Bonchev–Trinajstić information content (AvgIpc) is 3.16. The van der Waals surface area contributed by atoms with Crippen LogP contribution in [-0.2, 0) is 11.2 Å². The molecule has 4 nitrogen and oxygen atoms in total. The van der Waals surface area contributed by atoms with Gasteiger partial charge in [0, 0.05) is 38.3 Å². The number of carbonyl (C=O) groups excluding carboxylic acids is 1. The quantitative estimate of drug-likeness (QED) is 0.834. The molecular weight excluding hydrogens is 346 g/mol. The van der Waals surface area contributed by atoms with E-state index >= 15 is 0 Å². The maximum atomic E-state index is 11.4. The van der Waals surface area contributed by atoms with E-state index in [0.717, 1.165) is 39.0 Å². The van der Waals surface area contributed by atoms with Gasteiger partial charge < -0.3 is 10.2 Å². The predicted molar refractivity (Wildman–Crippen MR) is 115 cm³/mol. The lowest BCUT2D eigenvalue weighted by molar-refractivity contribution is -0.119. The Kier molecular flexibility index (Phi) is 5.96. The first-order chi connectivity index (χ1) is 13.7. The van der Waals surface area contributed by atoms with Gasteiger partial charge >= 0.3 is 0 Å². The van der Waals surface area contributed by atoms with Crippen LogP contribution in [0.15, 0.2) is 48.5 Å². The molecule has 0 aromatic heterocycles. The lowest BCUT2D eigenvalue weighted by atomic mass is 10.0. The van der Waals surface area contributed by atoms with Gasteiger partial charge in [0.2, 0.25) is 5.91 Å². The van der Waals surface area contributed by atoms with Crippen molar-refractivity contribution in [3.63, 3.8) is 0 Å². The zero-order chi connectivity index (χ0) is 19.3. The van der Waals surface area contributed by atoms with Gasteiger partial charge in [-0.1, -0.05) is 42.0 Å². The number of amides is 1. The summed E-state index contributed by atoms with van der Waals surface area (Å²) >= 11 is 0. The van der Waals surface area contributed by atoms with E-state index in [-0.39, 0.29) is 11.9 Å². The Bertz CT molecular complexity index is 777. The number of aryl methyl sites for hydroxylation is 2. The summed E-state index contributed by atoms with van der Waals surface area (Å²) in [4.78, 5) is 16.5. The zero-order valence-corrected chi connectivity index (χ0v) is 16.9. The third-order valence-electron chi connectivity index (χ3n) is 6.09. The second kappa shape index (κ2) is 8.78. The zero-order valence-electron chi connectivity index (χ0n) is 16.9. The molecule has 2 fully saturated rings. The van der Waals surface area contributed by atoms with Crippen LogP contribution in [0.25, 0.3) is 0 Å². The van der Waals surface area contributed by atoms with Crippen molar-refractivity contribution in [1.29, 1.82) is 0 Å². The van der Waals surface area contributed by atoms with Crippen LogP contribution in [0, 0.1) is 6.92 Å². The standard InChI is InChI=1S/C24H31N3O/c1-19-4-10-22(11-5-19)27-17-15-26(16-18-27)14-2-3-20-6-8-21(9-7-20)23-12-13-24(28)25-23/h4-11,23H,2-3,12-18H2,1H3,(H,25,28). The van der Waals surface area contributed by atoms with Gasteiger partial charge in [0.15, 0.2) is 0 Å². The number of benzene rings is 2. The van der Waals surface area contributed by atoms with Crippen molar-refractivity contribution in [3.8, 4) is 0 Å². The summed E-state index contributed by atoms with van der Waals surface area (Å²) in [7, 11) is 0. The minimum Gasteiger partial charge on any atom is -0.369 e. The minimum absolute atomic E-state index is 0.177. The first-order valence-electron chi connectivity index (χ1n) is 10.6. The van der Waals surface area contributed by atoms with Crippen LogP contribution in [0.4, 0.5) is 5.69 Å². The topological polar surface area (TPSA) is 35.6 Å². The lowest BCUT2D eigenvalue weighted by Gasteiger charge is -2.36. The molecule has 148 valence electrons. The van der Waals surface area contributed by atoms with Gasteiger partial charge in [-0.15, -0.1) is 0 Å². The molecule has 2 aromatic rings. The van der Waals surface area contributed by atoms with Gasteiger partial charge in [-0.05, 0) is 56.0 Å². The summed E-state index contributed by atoms with van der Waals surface area (Å²) in [5.41, 5.74) is 5.31. The van der Waals surface area contributed by atoms with Crippen molar-refractivity contribution in [2.45, 2.75) is 38.6 Å². The van der Waals surface area contributed by atoms with Crippen LogP contribution < -0.4 is 10.2 Å². The largest absolute Gasteiger partial charge is 0.369 e. The molecule has 0 saturated carbocycles. The Morgan fingerprint density at radius 3 is 2.32 bits per heavy atom. The van der Waals surface area contributed by atoms with Gasteiger partial charge in [0.1, 0.15) is 0 Å². The molecule has 28 heavy (non-hydrogen) atoms. The summed E-state index contributed by atoms with van der Waals surface area (Å²) in [5, 5.41) is 3.04. The molecule has 2 aliphatic rings. The summed E-state index contributed by atoms with van der Waals surface area (Å²) in [5.74, 6) is 0.177. The van der Waals surface area contributed by atoms with Gasteiger partial charge in [-0.3, -0.25) is 9.69 Å². The molecule has 2 aromatic carbocycles. The van der Waals surface area contributed by atoms with E-state index in [0.29, 0.717) is 6.42 Å². The highest BCUT2D eigenvalue weighted by Gasteiger charge is 2.22. The second-order valence-corrected chi connectivity index (χ2v) is 8.17. The van der Waals surface area contributed by atoms with E-state index in [1.54, 1.807) is 0 Å². The molecule has 1 unspecified atom stereocenters. The van der Waals surface area contributed by atoms with Crippen LogP contribution in [-0.4, -0.2) is 43.5 Å². The molecule has 4 heteroatoms. The normalized spacial score (nSPS) is 20.4. The Balaban J connectivity index is 1.19. The molecule has 0 spiro atoms. The van der Waals surface area contributed by atoms with E-state index < -0.39 is 0 Å². The summed E-state index contributed by atoms with van der Waals surface area (Å²) in [6.07, 6.45) is 3.90. The fraction of sp³-hybridized carbons (Fsp3) is 0.458. The Morgan fingerprint density at radius 1 is 0.964 bits per heavy atom. The van der Waals surface area contributed by atoms with Crippen molar-refractivity contribution in [2.24, 2.45) is 0 Å². The number of carbonyl (C=O) groups is 1. The fourth-order valence-electron chi connectivity index (χ4n) is 4.27. The summed E-state index contributed by atoms with van der Waals surface area (Å²) in [6, 6.07) is 17.9. The van der Waals surface area contributed by atoms with Gasteiger partial charge in [-0.2, -0.15) is 0 Å². The molecule has 2 aliphatic heterocycles. The second-order valence-electron chi connectivity index (χ2n) is 8.17. The van der Waals surface area contributed by atoms with Crippen LogP contribution in [0.3, 0.4) is 0 Å². The number of nitrogens with zero attached hydrogens (tertiary/aromatic N) is 2. The number of hydrogen-bond acceptors (Lipinski definition) is 3. The smallest absolute Gasteiger partial charge is 0.220 e. The molecule has 4 rings (SSSR count). The van der Waals surface area contributed by atoms with Crippen molar-refractivity contribution in [1.82, 2.24) is 10.2 Å². The van der Waals surface area contributed by atoms with Crippen molar-refractivity contribution >= 4 is 11.6 Å². The Morgan fingerprint density at radius 2 is 1.68 bits per heavy atom. The van der Waals surface area contributed by atoms with Crippen molar-refractivity contribution < 1.29 is 4.79 Å². The first kappa shape index (κ1) is 19.0. The maximum Gasteiger partial charge on any atom is 0.220 e. The highest BCUT2D eigenvalue weighted by molar-refractivity contribution is 5.78. The predicted octanol–water partition coefficient (Wildman–Crippen LogP) is 3.70. The molecule has 2 saturated heterocycles. The minimum atomic E-state index is 0.177. The van der Waals surface area contributed by atoms with E-state index in [9.17, 15) is 4.79 Å². The monoisotopic (exact) mass is 377 g/mol. The molecule has 1 atom stereocenters. The lowest BCUT2D eigenvalue weighted by Crippen LogP contribution is -2.46. The SMILES string of the molecule is Cc1ccc(N2CCN(CCCc3ccc(C4CCC(=O)N4)cc3)CC2)cc1. The van der Waals surface area contributed by atoms with E-state index in [2.05, 4.69) is 70.6 Å². The van der Waals surface area contributed by atoms with Gasteiger partial charge in [-0.25, -0.2) is 0 Å². The number of hydrogen-bond donors (Lipinski definition) is 1. The highest BCUT2D eigenvalue weighted by atomic mass is 16.1. The van der Waals surface area contributed by atoms with Crippen molar-refractivity contribution in [2.75, 3.05) is 37.6 Å². The fourth-order valence-corrected chi connectivity index (χ4v) is 4.27. The molecule has 0 aliphatic carbocycles. The molecule has 0 radical (unpaired) electrons. The highest BCUT2D eigenvalue weighted by Crippen LogP contribution is 2.24. The average molecular weight is 378 g/mol. The number of piperazine rings is 1. The number of rotatable bonds is 6. The Hall–Kier alpha value is -2.33. The van der Waals surface area contributed by atoms with E-state index in [1.807, 2.05) is 0 Å². The third kappa shape index (κ3) is 4.74.